The first kappa shape index (κ1) is 27.3. The molecular weight excluding hydrogens is 458 g/mol. The molecule has 34 heavy (non-hydrogen) atoms. The summed E-state index contributed by atoms with van der Waals surface area (Å²) in [7, 11) is 0. The maximum Gasteiger partial charge on any atom is 0.199 e. The molecule has 3 N–H and O–H groups in total. The third kappa shape index (κ3) is 9.04. The van der Waals surface area contributed by atoms with Gasteiger partial charge in [-0.05, 0) is 94.0 Å². The summed E-state index contributed by atoms with van der Waals surface area (Å²) in [4.78, 5) is 9.64. The van der Waals surface area contributed by atoms with E-state index >= 15 is 0 Å². The fraction of sp³-hybridized carbons (Fsp3) is 0.704. The Morgan fingerprint density at radius 2 is 1.68 bits per heavy atom. The molecule has 0 aliphatic carbocycles. The van der Waals surface area contributed by atoms with Crippen molar-refractivity contribution in [2.75, 3.05) is 42.1 Å². The Kier molecular flexibility index (Phi) is 12.0. The number of thioether (sulfide) groups is 1. The van der Waals surface area contributed by atoms with E-state index in [-0.39, 0.29) is 0 Å². The molecule has 1 aromatic rings. The first-order valence-electron chi connectivity index (χ1n) is 13.5. The lowest BCUT2D eigenvalue weighted by Gasteiger charge is -2.37. The number of rotatable bonds is 11. The number of hydrogen-bond donors (Lipinski definition) is 2. The van der Waals surface area contributed by atoms with Crippen LogP contribution in [0.2, 0.25) is 0 Å². The maximum absolute atomic E-state index is 6.19. The number of anilines is 2. The number of nitrogens with two attached hydrogens (primary N) is 1. The van der Waals surface area contributed by atoms with Crippen LogP contribution in [-0.2, 0) is 0 Å². The molecule has 2 aliphatic heterocycles. The summed E-state index contributed by atoms with van der Waals surface area (Å²) < 4.78 is 0. The van der Waals surface area contributed by atoms with Crippen LogP contribution in [0.4, 0.5) is 11.4 Å². The van der Waals surface area contributed by atoms with Crippen LogP contribution in [0.25, 0.3) is 0 Å². The molecule has 0 bridgehead atoms. The molecule has 0 aromatic heterocycles. The van der Waals surface area contributed by atoms with Gasteiger partial charge >= 0.3 is 0 Å². The SMILES string of the molecule is CCCCC(CCCC)CS/C(N)=N/C(=S)Nc1ccc(N2CCC(N3CCCC3)CC2)cc1. The zero-order chi connectivity index (χ0) is 24.2. The quantitative estimate of drug-likeness (QED) is 0.204. The molecule has 0 atom stereocenters. The molecule has 5 nitrogen and oxygen atoms in total. The van der Waals surface area contributed by atoms with Crippen LogP contribution in [-0.4, -0.2) is 53.2 Å². The molecule has 0 radical (unpaired) electrons. The third-order valence-corrected chi connectivity index (χ3v) is 8.43. The van der Waals surface area contributed by atoms with Crippen molar-refractivity contribution in [3.05, 3.63) is 24.3 Å². The van der Waals surface area contributed by atoms with Crippen molar-refractivity contribution >= 4 is 45.6 Å². The van der Waals surface area contributed by atoms with Crippen molar-refractivity contribution in [1.82, 2.24) is 4.90 Å². The lowest BCUT2D eigenvalue weighted by molar-refractivity contribution is 0.208. The number of amidine groups is 1. The van der Waals surface area contributed by atoms with Gasteiger partial charge in [0, 0.05) is 36.3 Å². The molecule has 2 heterocycles. The fourth-order valence-corrected chi connectivity index (χ4v) is 6.30. The van der Waals surface area contributed by atoms with Gasteiger partial charge in [0.2, 0.25) is 0 Å². The minimum absolute atomic E-state index is 0.433. The Labute approximate surface area is 217 Å². The third-order valence-electron chi connectivity index (χ3n) is 7.22. The maximum atomic E-state index is 6.19. The fourth-order valence-electron chi connectivity index (χ4n) is 5.14. The largest absolute Gasteiger partial charge is 0.378 e. The number of hydrogen-bond acceptors (Lipinski definition) is 4. The lowest BCUT2D eigenvalue weighted by Crippen LogP contribution is -2.43. The minimum Gasteiger partial charge on any atom is -0.378 e. The van der Waals surface area contributed by atoms with E-state index in [0.29, 0.717) is 16.2 Å². The summed E-state index contributed by atoms with van der Waals surface area (Å²) in [6, 6.07) is 9.35. The van der Waals surface area contributed by atoms with Gasteiger partial charge in [0.15, 0.2) is 10.3 Å². The van der Waals surface area contributed by atoms with Gasteiger partial charge in [0.25, 0.3) is 0 Å². The standard InChI is InChI=1S/C27H45N5S2/c1-3-5-9-22(10-6-4-2)21-34-26(28)30-27(33)29-23-11-13-24(14-12-23)32-19-15-25(16-20-32)31-17-7-8-18-31/h11-14,22,25H,3-10,15-21H2,1-2H3,(H3,28,29,30,33). The van der Waals surface area contributed by atoms with Crippen LogP contribution >= 0.6 is 24.0 Å². The molecule has 0 amide bonds. The molecule has 2 aliphatic rings. The molecule has 7 heteroatoms. The van der Waals surface area contributed by atoms with Crippen LogP contribution in [0, 0.1) is 5.92 Å². The predicted molar refractivity (Wildman–Crippen MR) is 155 cm³/mol. The van der Waals surface area contributed by atoms with Crippen LogP contribution in [0.15, 0.2) is 29.3 Å². The van der Waals surface area contributed by atoms with E-state index in [4.69, 9.17) is 18.0 Å². The Morgan fingerprint density at radius 3 is 2.26 bits per heavy atom. The number of aliphatic imine (C=N–C) groups is 1. The van der Waals surface area contributed by atoms with Gasteiger partial charge in [-0.15, -0.1) is 0 Å². The van der Waals surface area contributed by atoms with Gasteiger partial charge < -0.3 is 20.9 Å². The van der Waals surface area contributed by atoms with Crippen molar-refractivity contribution in [3.63, 3.8) is 0 Å². The van der Waals surface area contributed by atoms with Gasteiger partial charge in [0.1, 0.15) is 0 Å². The van der Waals surface area contributed by atoms with Crippen LogP contribution < -0.4 is 16.0 Å². The summed E-state index contributed by atoms with van der Waals surface area (Å²) in [5, 5.41) is 4.22. The van der Waals surface area contributed by atoms with Gasteiger partial charge in [-0.1, -0.05) is 51.3 Å². The Morgan fingerprint density at radius 1 is 1.06 bits per heavy atom. The van der Waals surface area contributed by atoms with Gasteiger partial charge in [-0.25, -0.2) is 0 Å². The van der Waals surface area contributed by atoms with Crippen molar-refractivity contribution in [3.8, 4) is 0 Å². The smallest absolute Gasteiger partial charge is 0.199 e. The molecule has 0 spiro atoms. The van der Waals surface area contributed by atoms with Gasteiger partial charge in [-0.3, -0.25) is 0 Å². The van der Waals surface area contributed by atoms with Crippen molar-refractivity contribution in [1.29, 1.82) is 0 Å². The first-order valence-corrected chi connectivity index (χ1v) is 14.9. The Balaban J connectivity index is 1.42. The normalized spacial score (nSPS) is 18.1. The molecular formula is C27H45N5S2. The Hall–Kier alpha value is -1.31. The zero-order valence-corrected chi connectivity index (χ0v) is 22.9. The van der Waals surface area contributed by atoms with E-state index in [9.17, 15) is 0 Å². The number of likely N-dealkylation sites (tertiary alicyclic amines) is 1. The number of benzene rings is 1. The summed E-state index contributed by atoms with van der Waals surface area (Å²) in [6.07, 6.45) is 12.9. The number of unbranched alkanes of at least 4 members (excludes halogenated alkanes) is 2. The summed E-state index contributed by atoms with van der Waals surface area (Å²) in [5.74, 6) is 1.74. The van der Waals surface area contributed by atoms with E-state index in [2.05, 4.69) is 58.2 Å². The highest BCUT2D eigenvalue weighted by Gasteiger charge is 2.26. The summed E-state index contributed by atoms with van der Waals surface area (Å²) in [5.41, 5.74) is 8.44. The van der Waals surface area contributed by atoms with Crippen LogP contribution in [0.1, 0.15) is 78.1 Å². The van der Waals surface area contributed by atoms with E-state index in [1.807, 2.05) is 0 Å². The lowest BCUT2D eigenvalue weighted by atomic mass is 9.98. The molecule has 190 valence electrons. The number of nitrogens with one attached hydrogen (secondary N) is 1. The van der Waals surface area contributed by atoms with Crippen molar-refractivity contribution < 1.29 is 0 Å². The van der Waals surface area contributed by atoms with Crippen molar-refractivity contribution in [2.45, 2.75) is 84.1 Å². The minimum atomic E-state index is 0.433. The van der Waals surface area contributed by atoms with E-state index < -0.39 is 0 Å². The average Bonchev–Trinajstić information content (AvgIpc) is 3.39. The highest BCUT2D eigenvalue weighted by atomic mass is 32.2. The van der Waals surface area contributed by atoms with E-state index in [1.54, 1.807) is 11.8 Å². The van der Waals surface area contributed by atoms with Crippen LogP contribution in [0.5, 0.6) is 0 Å². The first-order chi connectivity index (χ1) is 16.6. The predicted octanol–water partition coefficient (Wildman–Crippen LogP) is 6.49. The van der Waals surface area contributed by atoms with Crippen LogP contribution in [0.3, 0.4) is 0 Å². The average molecular weight is 504 g/mol. The number of thiocarbonyl (C=S) groups is 1. The highest BCUT2D eigenvalue weighted by molar-refractivity contribution is 8.13. The monoisotopic (exact) mass is 503 g/mol. The van der Waals surface area contributed by atoms with E-state index in [0.717, 1.165) is 30.6 Å². The molecule has 0 unspecified atom stereocenters. The molecule has 0 saturated carbocycles. The van der Waals surface area contributed by atoms with Gasteiger partial charge in [-0.2, -0.15) is 4.99 Å². The second-order valence-electron chi connectivity index (χ2n) is 9.85. The molecule has 1 aromatic carbocycles. The van der Waals surface area contributed by atoms with Crippen molar-refractivity contribution in [2.24, 2.45) is 16.6 Å². The summed E-state index contributed by atoms with van der Waals surface area (Å²) >= 11 is 7.09. The Bertz CT molecular complexity index is 745. The molecule has 3 rings (SSSR count). The number of piperidine rings is 1. The molecule has 2 fully saturated rings. The second-order valence-corrected chi connectivity index (χ2v) is 11.3. The number of nitrogens with zero attached hydrogens (tertiary/aromatic N) is 3. The molecule has 2 saturated heterocycles. The summed E-state index contributed by atoms with van der Waals surface area (Å²) in [6.45, 7) is 9.40. The highest BCUT2D eigenvalue weighted by Crippen LogP contribution is 2.26. The zero-order valence-electron chi connectivity index (χ0n) is 21.3. The second kappa shape index (κ2) is 14.9. The topological polar surface area (TPSA) is 56.9 Å². The van der Waals surface area contributed by atoms with Gasteiger partial charge in [0.05, 0.1) is 0 Å². The van der Waals surface area contributed by atoms with E-state index in [1.165, 1.54) is 83.0 Å².